The molecule has 174 valence electrons. The molecule has 0 radical (unpaired) electrons. The number of nitrogens with zero attached hydrogens (tertiary/aromatic N) is 1. The van der Waals surface area contributed by atoms with Gasteiger partial charge in [0, 0.05) is 38.9 Å². The second-order valence-corrected chi connectivity index (χ2v) is 7.17. The highest BCUT2D eigenvalue weighted by molar-refractivity contribution is 5.80. The van der Waals surface area contributed by atoms with Gasteiger partial charge in [-0.2, -0.15) is 0 Å². The highest BCUT2D eigenvalue weighted by Crippen LogP contribution is 2.20. The summed E-state index contributed by atoms with van der Waals surface area (Å²) in [6.07, 6.45) is 0.143. The van der Waals surface area contributed by atoms with Crippen LogP contribution in [0.15, 0.2) is 47.5 Å². The van der Waals surface area contributed by atoms with Gasteiger partial charge in [-0.15, -0.1) is 0 Å². The Bertz CT molecular complexity index is 889. The number of amides is 1. The van der Waals surface area contributed by atoms with Gasteiger partial charge in [0.2, 0.25) is 5.91 Å². The van der Waals surface area contributed by atoms with Gasteiger partial charge < -0.3 is 25.4 Å². The zero-order valence-corrected chi connectivity index (χ0v) is 19.0. The molecular formula is C24H33FN4O3. The van der Waals surface area contributed by atoms with E-state index in [1.807, 2.05) is 32.0 Å². The monoisotopic (exact) mass is 444 g/mol. The number of carbonyl (C=O) groups excluding carboxylic acids is 1. The number of rotatable bonds is 12. The molecular weight excluding hydrogens is 411 g/mol. The summed E-state index contributed by atoms with van der Waals surface area (Å²) < 4.78 is 24.4. The van der Waals surface area contributed by atoms with Crippen molar-refractivity contribution in [3.8, 4) is 5.75 Å². The van der Waals surface area contributed by atoms with Crippen LogP contribution < -0.4 is 20.7 Å². The van der Waals surface area contributed by atoms with Crippen molar-refractivity contribution < 1.29 is 18.7 Å². The number of guanidine groups is 1. The topological polar surface area (TPSA) is 84.0 Å². The third kappa shape index (κ3) is 9.34. The largest absolute Gasteiger partial charge is 0.491 e. The van der Waals surface area contributed by atoms with Crippen LogP contribution in [0.25, 0.3) is 0 Å². The van der Waals surface area contributed by atoms with E-state index in [1.54, 1.807) is 19.2 Å². The number of halogens is 1. The number of benzene rings is 2. The molecule has 2 aromatic carbocycles. The quantitative estimate of drug-likeness (QED) is 0.266. The smallest absolute Gasteiger partial charge is 0.224 e. The van der Waals surface area contributed by atoms with Crippen molar-refractivity contribution in [2.75, 3.05) is 40.0 Å². The standard InChI is InChI=1S/C24H33FN4O3/c1-4-31-12-13-32-22-14-18(2)8-9-20(22)17-29-24(26-3)28-11-10-27-23(30)16-19-6-5-7-21(25)15-19/h5-9,14-15H,4,10-13,16-17H2,1-3H3,(H,27,30)(H2,26,28,29). The number of hydrogen-bond donors (Lipinski definition) is 3. The summed E-state index contributed by atoms with van der Waals surface area (Å²) in [6.45, 7) is 7.14. The maximum absolute atomic E-state index is 13.2. The van der Waals surface area contributed by atoms with Gasteiger partial charge >= 0.3 is 0 Å². The van der Waals surface area contributed by atoms with E-state index in [9.17, 15) is 9.18 Å². The number of ether oxygens (including phenoxy) is 2. The highest BCUT2D eigenvalue weighted by Gasteiger charge is 2.07. The van der Waals surface area contributed by atoms with Crippen molar-refractivity contribution >= 4 is 11.9 Å². The molecule has 0 unspecified atom stereocenters. The van der Waals surface area contributed by atoms with Crippen LogP contribution in [-0.2, 0) is 22.5 Å². The molecule has 0 spiro atoms. The van der Waals surface area contributed by atoms with Crippen molar-refractivity contribution in [2.24, 2.45) is 4.99 Å². The Morgan fingerprint density at radius 3 is 2.62 bits per heavy atom. The molecule has 3 N–H and O–H groups in total. The van der Waals surface area contributed by atoms with E-state index in [0.29, 0.717) is 51.0 Å². The van der Waals surface area contributed by atoms with Crippen LogP contribution in [-0.4, -0.2) is 51.8 Å². The molecule has 32 heavy (non-hydrogen) atoms. The zero-order chi connectivity index (χ0) is 23.2. The normalized spacial score (nSPS) is 11.2. The lowest BCUT2D eigenvalue weighted by Crippen LogP contribution is -2.41. The molecule has 0 heterocycles. The van der Waals surface area contributed by atoms with Crippen molar-refractivity contribution in [3.05, 3.63) is 65.0 Å². The van der Waals surface area contributed by atoms with Crippen LogP contribution in [0.1, 0.15) is 23.6 Å². The van der Waals surface area contributed by atoms with Crippen LogP contribution in [0.3, 0.4) is 0 Å². The number of hydrogen-bond acceptors (Lipinski definition) is 4. The predicted molar refractivity (Wildman–Crippen MR) is 124 cm³/mol. The van der Waals surface area contributed by atoms with Crippen LogP contribution in [0, 0.1) is 12.7 Å². The summed E-state index contributed by atoms with van der Waals surface area (Å²) >= 11 is 0. The lowest BCUT2D eigenvalue weighted by atomic mass is 10.1. The molecule has 0 saturated heterocycles. The summed E-state index contributed by atoms with van der Waals surface area (Å²) in [6, 6.07) is 12.1. The fourth-order valence-electron chi connectivity index (χ4n) is 2.97. The van der Waals surface area contributed by atoms with Crippen LogP contribution in [0.5, 0.6) is 5.75 Å². The average molecular weight is 445 g/mol. The Labute approximate surface area is 189 Å². The summed E-state index contributed by atoms with van der Waals surface area (Å²) in [5.41, 5.74) is 2.78. The average Bonchev–Trinajstić information content (AvgIpc) is 2.77. The fraction of sp³-hybridized carbons (Fsp3) is 0.417. The second kappa shape index (κ2) is 14.0. The van der Waals surface area contributed by atoms with Gasteiger partial charge in [-0.1, -0.05) is 24.3 Å². The number of carbonyl (C=O) groups is 1. The Morgan fingerprint density at radius 2 is 1.88 bits per heavy atom. The molecule has 0 fully saturated rings. The summed E-state index contributed by atoms with van der Waals surface area (Å²) in [5.74, 6) is 0.930. The summed E-state index contributed by atoms with van der Waals surface area (Å²) in [4.78, 5) is 16.2. The summed E-state index contributed by atoms with van der Waals surface area (Å²) in [5, 5.41) is 9.23. The van der Waals surface area contributed by atoms with E-state index < -0.39 is 0 Å². The van der Waals surface area contributed by atoms with E-state index >= 15 is 0 Å². The molecule has 0 aliphatic carbocycles. The third-order valence-electron chi connectivity index (χ3n) is 4.58. The molecule has 8 heteroatoms. The number of aryl methyl sites for hydroxylation is 1. The van der Waals surface area contributed by atoms with Gasteiger partial charge in [0.1, 0.15) is 18.2 Å². The molecule has 0 aliphatic heterocycles. The molecule has 2 rings (SSSR count). The maximum atomic E-state index is 13.2. The maximum Gasteiger partial charge on any atom is 0.224 e. The van der Waals surface area contributed by atoms with Crippen molar-refractivity contribution in [1.29, 1.82) is 0 Å². The van der Waals surface area contributed by atoms with Gasteiger partial charge in [0.05, 0.1) is 13.0 Å². The van der Waals surface area contributed by atoms with Crippen molar-refractivity contribution in [2.45, 2.75) is 26.8 Å². The van der Waals surface area contributed by atoms with Crippen LogP contribution in [0.2, 0.25) is 0 Å². The van der Waals surface area contributed by atoms with Crippen molar-refractivity contribution in [1.82, 2.24) is 16.0 Å². The Hall–Kier alpha value is -3.13. The number of nitrogens with one attached hydrogen (secondary N) is 3. The first-order valence-electron chi connectivity index (χ1n) is 10.8. The number of aliphatic imine (C=N–C) groups is 1. The Morgan fingerprint density at radius 1 is 1.06 bits per heavy atom. The van der Waals surface area contributed by atoms with Crippen molar-refractivity contribution in [3.63, 3.8) is 0 Å². The van der Waals surface area contributed by atoms with Crippen LogP contribution >= 0.6 is 0 Å². The molecule has 1 amide bonds. The van der Waals surface area contributed by atoms with Crippen LogP contribution in [0.4, 0.5) is 4.39 Å². The third-order valence-corrected chi connectivity index (χ3v) is 4.58. The van der Waals surface area contributed by atoms with E-state index in [1.165, 1.54) is 12.1 Å². The predicted octanol–water partition coefficient (Wildman–Crippen LogP) is 2.57. The first kappa shape index (κ1) is 25.1. The van der Waals surface area contributed by atoms with E-state index in [0.717, 1.165) is 16.9 Å². The Kier molecular flexibility index (Phi) is 11.0. The van der Waals surface area contributed by atoms with Gasteiger partial charge in [0.25, 0.3) is 0 Å². The first-order chi connectivity index (χ1) is 15.5. The lowest BCUT2D eigenvalue weighted by molar-refractivity contribution is -0.120. The van der Waals surface area contributed by atoms with Gasteiger partial charge in [-0.3, -0.25) is 9.79 Å². The first-order valence-corrected chi connectivity index (χ1v) is 10.8. The van der Waals surface area contributed by atoms with E-state index in [-0.39, 0.29) is 18.1 Å². The zero-order valence-electron chi connectivity index (χ0n) is 19.0. The Balaban J connectivity index is 1.74. The van der Waals surface area contributed by atoms with Gasteiger partial charge in [-0.05, 0) is 43.2 Å². The minimum atomic E-state index is -0.344. The summed E-state index contributed by atoms with van der Waals surface area (Å²) in [7, 11) is 1.69. The van der Waals surface area contributed by atoms with Gasteiger partial charge in [0.15, 0.2) is 5.96 Å². The van der Waals surface area contributed by atoms with E-state index in [4.69, 9.17) is 9.47 Å². The lowest BCUT2D eigenvalue weighted by Gasteiger charge is -2.16. The molecule has 7 nitrogen and oxygen atoms in total. The molecule has 0 saturated carbocycles. The van der Waals surface area contributed by atoms with E-state index in [2.05, 4.69) is 20.9 Å². The molecule has 0 aliphatic rings. The molecule has 0 atom stereocenters. The molecule has 2 aromatic rings. The van der Waals surface area contributed by atoms with Gasteiger partial charge in [-0.25, -0.2) is 4.39 Å². The minimum Gasteiger partial charge on any atom is -0.491 e. The second-order valence-electron chi connectivity index (χ2n) is 7.17. The highest BCUT2D eigenvalue weighted by atomic mass is 19.1. The molecule has 0 aromatic heterocycles. The SMILES string of the molecule is CCOCCOc1cc(C)ccc1CNC(=NC)NCCNC(=O)Cc1cccc(F)c1. The minimum absolute atomic E-state index is 0.143. The fourth-order valence-corrected chi connectivity index (χ4v) is 2.97. The molecule has 0 bridgehead atoms.